The summed E-state index contributed by atoms with van der Waals surface area (Å²) >= 11 is 6.06. The minimum Gasteiger partial charge on any atom is -0.271 e. The number of carbonyl (C=O) groups is 2. The molecule has 1 aliphatic rings. The molecule has 4 nitrogen and oxygen atoms in total. The molecule has 0 N–H and O–H groups in total. The average Bonchev–Trinajstić information content (AvgIpc) is 2.21. The predicted octanol–water partition coefficient (Wildman–Crippen LogP) is 2.68. The molecule has 0 aromatic carbocycles. The maximum atomic E-state index is 11.8. The lowest BCUT2D eigenvalue weighted by Gasteiger charge is -2.27. The van der Waals surface area contributed by atoms with Crippen LogP contribution in [0.3, 0.4) is 0 Å². The van der Waals surface area contributed by atoms with Gasteiger partial charge in [-0.15, -0.1) is 0 Å². The van der Waals surface area contributed by atoms with Crippen molar-refractivity contribution >= 4 is 44.2 Å². The molecule has 3 amide bonds. The number of nitrogens with zero attached hydrogens (tertiary/aromatic N) is 2. The lowest BCUT2D eigenvalue weighted by atomic mass is 9.91. The van der Waals surface area contributed by atoms with Crippen molar-refractivity contribution in [3.63, 3.8) is 0 Å². The highest BCUT2D eigenvalue weighted by Gasteiger charge is 2.53. The van der Waals surface area contributed by atoms with E-state index < -0.39 is 5.54 Å². The predicted molar refractivity (Wildman–Crippen MR) is 59.8 cm³/mol. The molecular weight excluding hydrogens is 316 g/mol. The molecule has 6 heteroatoms. The molecule has 0 aliphatic carbocycles. The average molecular weight is 328 g/mol. The van der Waals surface area contributed by atoms with Crippen molar-refractivity contribution in [1.29, 1.82) is 0 Å². The summed E-state index contributed by atoms with van der Waals surface area (Å²) in [6, 6.07) is -0.377. The Balaban J connectivity index is 2.98. The van der Waals surface area contributed by atoms with E-state index in [1.54, 1.807) is 6.92 Å². The van der Waals surface area contributed by atoms with Crippen LogP contribution in [-0.4, -0.2) is 25.3 Å². The van der Waals surface area contributed by atoms with Gasteiger partial charge in [-0.2, -0.15) is 3.93 Å². The maximum absolute atomic E-state index is 11.8. The van der Waals surface area contributed by atoms with Crippen LogP contribution in [0.2, 0.25) is 0 Å². The smallest absolute Gasteiger partial charge is 0.271 e. The zero-order valence-electron chi connectivity index (χ0n) is 8.25. The monoisotopic (exact) mass is 326 g/mol. The van der Waals surface area contributed by atoms with Crippen LogP contribution in [0, 0.1) is 5.92 Å². The maximum Gasteiger partial charge on any atom is 0.348 e. The summed E-state index contributed by atoms with van der Waals surface area (Å²) in [5.41, 5.74) is -0.783. The number of carbonyl (C=O) groups excluding carboxylic acids is 2. The summed E-state index contributed by atoms with van der Waals surface area (Å²) in [7, 11) is 0. The van der Waals surface area contributed by atoms with Gasteiger partial charge in [0.1, 0.15) is 5.54 Å². The van der Waals surface area contributed by atoms with Crippen molar-refractivity contribution in [2.45, 2.75) is 32.7 Å². The zero-order valence-corrected chi connectivity index (χ0v) is 11.4. The Morgan fingerprint density at radius 2 is 1.86 bits per heavy atom. The summed E-state index contributed by atoms with van der Waals surface area (Å²) in [4.78, 5) is 23.2. The Kier molecular flexibility index (Phi) is 3.26. The van der Waals surface area contributed by atoms with Crippen LogP contribution in [0.25, 0.3) is 0 Å². The molecule has 0 bridgehead atoms. The van der Waals surface area contributed by atoms with Gasteiger partial charge in [-0.3, -0.25) is 4.79 Å². The van der Waals surface area contributed by atoms with Gasteiger partial charge in [0.05, 0.1) is 32.3 Å². The van der Waals surface area contributed by atoms with Crippen LogP contribution in [0.5, 0.6) is 0 Å². The molecule has 1 rings (SSSR count). The molecule has 0 spiro atoms. The quantitative estimate of drug-likeness (QED) is 0.578. The summed E-state index contributed by atoms with van der Waals surface area (Å²) < 4.78 is 2.27. The number of imide groups is 1. The van der Waals surface area contributed by atoms with Crippen LogP contribution >= 0.6 is 32.3 Å². The van der Waals surface area contributed by atoms with Gasteiger partial charge in [-0.1, -0.05) is 13.8 Å². The molecule has 1 unspecified atom stereocenters. The number of amides is 3. The number of rotatable bonds is 2. The van der Waals surface area contributed by atoms with Crippen LogP contribution < -0.4 is 0 Å². The summed E-state index contributed by atoms with van der Waals surface area (Å²) in [5, 5.41) is 0. The minimum absolute atomic E-state index is 0.229. The fourth-order valence-electron chi connectivity index (χ4n) is 1.63. The van der Waals surface area contributed by atoms with E-state index in [2.05, 4.69) is 32.3 Å². The molecular formula is C8H12Br2N2O2. The topological polar surface area (TPSA) is 40.6 Å². The summed E-state index contributed by atoms with van der Waals surface area (Å²) in [5.74, 6) is 0.115. The van der Waals surface area contributed by atoms with Gasteiger partial charge >= 0.3 is 6.03 Å². The van der Waals surface area contributed by atoms with Gasteiger partial charge in [-0.25, -0.2) is 8.72 Å². The zero-order chi connectivity index (χ0) is 11.1. The Bertz CT molecular complexity index is 283. The molecule has 1 aliphatic heterocycles. The Hall–Kier alpha value is -0.100. The second kappa shape index (κ2) is 3.81. The van der Waals surface area contributed by atoms with E-state index in [4.69, 9.17) is 0 Å². The number of halogens is 2. The van der Waals surface area contributed by atoms with Crippen LogP contribution in [-0.2, 0) is 4.79 Å². The Morgan fingerprint density at radius 3 is 2.14 bits per heavy atom. The van der Waals surface area contributed by atoms with Crippen molar-refractivity contribution in [3.8, 4) is 0 Å². The highest BCUT2D eigenvalue weighted by atomic mass is 79.9. The van der Waals surface area contributed by atoms with E-state index in [0.29, 0.717) is 12.3 Å². The molecule has 1 saturated heterocycles. The van der Waals surface area contributed by atoms with Gasteiger partial charge in [0.25, 0.3) is 5.91 Å². The third-order valence-corrected chi connectivity index (χ3v) is 3.93. The van der Waals surface area contributed by atoms with Gasteiger partial charge in [0.15, 0.2) is 0 Å². The lowest BCUT2D eigenvalue weighted by molar-refractivity contribution is -0.128. The Labute approximate surface area is 100 Å². The highest BCUT2D eigenvalue weighted by Crippen LogP contribution is 2.37. The van der Waals surface area contributed by atoms with Gasteiger partial charge < -0.3 is 0 Å². The summed E-state index contributed by atoms with van der Waals surface area (Å²) in [6.45, 7) is 5.78. The third kappa shape index (κ3) is 1.69. The number of hydrogen-bond acceptors (Lipinski definition) is 2. The molecule has 0 aromatic heterocycles. The van der Waals surface area contributed by atoms with Crippen molar-refractivity contribution < 1.29 is 9.59 Å². The lowest BCUT2D eigenvalue weighted by Crippen LogP contribution is -2.42. The number of urea groups is 1. The fraction of sp³-hybridized carbons (Fsp3) is 0.750. The van der Waals surface area contributed by atoms with E-state index in [-0.39, 0.29) is 11.9 Å². The first kappa shape index (κ1) is 12.0. The fourth-order valence-corrected chi connectivity index (χ4v) is 2.84. The summed E-state index contributed by atoms with van der Waals surface area (Å²) in [6.07, 6.45) is 0.630. The minimum atomic E-state index is -0.783. The Morgan fingerprint density at radius 1 is 1.36 bits per heavy atom. The van der Waals surface area contributed by atoms with Crippen LogP contribution in [0.4, 0.5) is 4.79 Å². The largest absolute Gasteiger partial charge is 0.348 e. The van der Waals surface area contributed by atoms with Crippen molar-refractivity contribution in [2.75, 3.05) is 0 Å². The second-order valence-electron chi connectivity index (χ2n) is 4.02. The van der Waals surface area contributed by atoms with Crippen LogP contribution in [0.1, 0.15) is 27.2 Å². The molecule has 1 atom stereocenters. The first-order valence-corrected chi connectivity index (χ1v) is 5.73. The highest BCUT2D eigenvalue weighted by molar-refractivity contribution is 9.08. The standard InChI is InChI=1S/C8H12Br2N2O2/c1-5(2)4-8(3)6(13)11(9)7(14)12(8)10/h5H,4H2,1-3H3. The van der Waals surface area contributed by atoms with Gasteiger partial charge in [-0.05, 0) is 19.3 Å². The van der Waals surface area contributed by atoms with Crippen molar-refractivity contribution in [2.24, 2.45) is 5.92 Å². The van der Waals surface area contributed by atoms with Crippen molar-refractivity contribution in [1.82, 2.24) is 7.85 Å². The van der Waals surface area contributed by atoms with E-state index >= 15 is 0 Å². The van der Waals surface area contributed by atoms with E-state index in [0.717, 1.165) is 3.93 Å². The normalized spacial score (nSPS) is 28.1. The molecule has 0 saturated carbocycles. The molecule has 14 heavy (non-hydrogen) atoms. The van der Waals surface area contributed by atoms with Gasteiger partial charge in [0.2, 0.25) is 0 Å². The van der Waals surface area contributed by atoms with E-state index in [1.165, 1.54) is 3.93 Å². The SMILES string of the molecule is CC(C)CC1(C)C(=O)N(Br)C(=O)N1Br. The molecule has 0 radical (unpaired) electrons. The van der Waals surface area contributed by atoms with Crippen LogP contribution in [0.15, 0.2) is 0 Å². The van der Waals surface area contributed by atoms with E-state index in [9.17, 15) is 9.59 Å². The second-order valence-corrected chi connectivity index (χ2v) is 5.44. The molecule has 1 fully saturated rings. The first-order valence-electron chi connectivity index (χ1n) is 4.31. The van der Waals surface area contributed by atoms with E-state index in [1.807, 2.05) is 13.8 Å². The van der Waals surface area contributed by atoms with Crippen molar-refractivity contribution in [3.05, 3.63) is 0 Å². The first-order chi connectivity index (χ1) is 6.30. The molecule has 0 aromatic rings. The van der Waals surface area contributed by atoms with Gasteiger partial charge in [0, 0.05) is 0 Å². The molecule has 1 heterocycles. The number of hydrogen-bond donors (Lipinski definition) is 0. The molecule has 80 valence electrons. The third-order valence-electron chi connectivity index (χ3n) is 2.21.